The van der Waals surface area contributed by atoms with Crippen molar-refractivity contribution in [3.8, 4) is 0 Å². The van der Waals surface area contributed by atoms with Gasteiger partial charge in [0.25, 0.3) is 5.92 Å². The summed E-state index contributed by atoms with van der Waals surface area (Å²) in [6.45, 7) is 3.62. The number of ether oxygens (including phenoxy) is 1. The van der Waals surface area contributed by atoms with E-state index >= 15 is 0 Å². The Balaban J connectivity index is 2.18. The zero-order valence-corrected chi connectivity index (χ0v) is 10.8. The van der Waals surface area contributed by atoms with Crippen LogP contribution < -0.4 is 5.32 Å². The molecule has 0 amide bonds. The van der Waals surface area contributed by atoms with E-state index in [-0.39, 0.29) is 12.1 Å². The van der Waals surface area contributed by atoms with Crippen LogP contribution in [0.25, 0.3) is 0 Å². The highest BCUT2D eigenvalue weighted by Crippen LogP contribution is 2.26. The zero-order valence-electron chi connectivity index (χ0n) is 10.8. The SMILES string of the molecule is CCCOCCCNCC(F)(F)c1ccccc1. The molecule has 0 radical (unpaired) electrons. The van der Waals surface area contributed by atoms with Crippen LogP contribution in [0.2, 0.25) is 0 Å². The van der Waals surface area contributed by atoms with Crippen molar-refractivity contribution in [2.75, 3.05) is 26.3 Å². The fraction of sp³-hybridized carbons (Fsp3) is 0.571. The quantitative estimate of drug-likeness (QED) is 0.686. The van der Waals surface area contributed by atoms with Crippen molar-refractivity contribution in [2.24, 2.45) is 0 Å². The van der Waals surface area contributed by atoms with Gasteiger partial charge in [0.1, 0.15) is 0 Å². The first-order chi connectivity index (χ1) is 8.67. The van der Waals surface area contributed by atoms with Crippen molar-refractivity contribution in [1.29, 1.82) is 0 Å². The van der Waals surface area contributed by atoms with Crippen LogP contribution in [0.5, 0.6) is 0 Å². The summed E-state index contributed by atoms with van der Waals surface area (Å²) in [4.78, 5) is 0. The van der Waals surface area contributed by atoms with Gasteiger partial charge in [-0.1, -0.05) is 37.3 Å². The van der Waals surface area contributed by atoms with Gasteiger partial charge in [-0.25, -0.2) is 0 Å². The molecule has 0 heterocycles. The first-order valence-electron chi connectivity index (χ1n) is 6.38. The minimum atomic E-state index is -2.81. The van der Waals surface area contributed by atoms with Crippen molar-refractivity contribution in [1.82, 2.24) is 5.32 Å². The lowest BCUT2D eigenvalue weighted by molar-refractivity contribution is -0.00349. The molecular weight excluding hydrogens is 236 g/mol. The second-order valence-electron chi connectivity index (χ2n) is 4.21. The first-order valence-corrected chi connectivity index (χ1v) is 6.38. The average Bonchev–Trinajstić information content (AvgIpc) is 2.39. The van der Waals surface area contributed by atoms with Gasteiger partial charge in [-0.05, 0) is 19.4 Å². The number of halogens is 2. The van der Waals surface area contributed by atoms with E-state index in [1.54, 1.807) is 18.2 Å². The average molecular weight is 257 g/mol. The van der Waals surface area contributed by atoms with Crippen LogP contribution >= 0.6 is 0 Å². The second-order valence-corrected chi connectivity index (χ2v) is 4.21. The molecule has 0 bridgehead atoms. The van der Waals surface area contributed by atoms with Crippen LogP contribution in [0.15, 0.2) is 30.3 Å². The molecule has 2 nitrogen and oxygen atoms in total. The third-order valence-corrected chi connectivity index (χ3v) is 2.53. The number of alkyl halides is 2. The van der Waals surface area contributed by atoms with Crippen molar-refractivity contribution < 1.29 is 13.5 Å². The Morgan fingerprint density at radius 2 is 1.89 bits per heavy atom. The number of hydrogen-bond acceptors (Lipinski definition) is 2. The maximum Gasteiger partial charge on any atom is 0.285 e. The van der Waals surface area contributed by atoms with E-state index in [1.807, 2.05) is 6.92 Å². The molecule has 1 rings (SSSR count). The van der Waals surface area contributed by atoms with Crippen LogP contribution in [0.4, 0.5) is 8.78 Å². The number of hydrogen-bond donors (Lipinski definition) is 1. The molecule has 0 aromatic heterocycles. The highest BCUT2D eigenvalue weighted by Gasteiger charge is 2.30. The Morgan fingerprint density at radius 3 is 2.56 bits per heavy atom. The van der Waals surface area contributed by atoms with Gasteiger partial charge >= 0.3 is 0 Å². The van der Waals surface area contributed by atoms with Crippen molar-refractivity contribution in [3.63, 3.8) is 0 Å². The maximum atomic E-state index is 13.7. The van der Waals surface area contributed by atoms with Crippen LogP contribution in [-0.4, -0.2) is 26.3 Å². The van der Waals surface area contributed by atoms with E-state index in [1.165, 1.54) is 12.1 Å². The Kier molecular flexibility index (Phi) is 6.83. The van der Waals surface area contributed by atoms with Crippen LogP contribution in [-0.2, 0) is 10.7 Å². The maximum absolute atomic E-state index is 13.7. The normalized spacial score (nSPS) is 11.7. The molecule has 0 atom stereocenters. The van der Waals surface area contributed by atoms with Gasteiger partial charge in [0, 0.05) is 18.8 Å². The van der Waals surface area contributed by atoms with Gasteiger partial charge < -0.3 is 10.1 Å². The summed E-state index contributed by atoms with van der Waals surface area (Å²) in [5, 5.41) is 2.77. The van der Waals surface area contributed by atoms with Gasteiger partial charge in [0.2, 0.25) is 0 Å². The largest absolute Gasteiger partial charge is 0.381 e. The van der Waals surface area contributed by atoms with Crippen LogP contribution in [0.3, 0.4) is 0 Å². The van der Waals surface area contributed by atoms with Gasteiger partial charge in [-0.15, -0.1) is 0 Å². The number of nitrogens with one attached hydrogen (secondary N) is 1. The molecule has 0 aliphatic carbocycles. The van der Waals surface area contributed by atoms with E-state index in [2.05, 4.69) is 5.32 Å². The molecule has 0 spiro atoms. The molecule has 1 aromatic rings. The lowest BCUT2D eigenvalue weighted by Crippen LogP contribution is -2.31. The van der Waals surface area contributed by atoms with Gasteiger partial charge in [-0.3, -0.25) is 0 Å². The topological polar surface area (TPSA) is 21.3 Å². The molecular formula is C14H21F2NO. The third kappa shape index (κ3) is 5.56. The van der Waals surface area contributed by atoms with Gasteiger partial charge in [0.05, 0.1) is 6.54 Å². The summed E-state index contributed by atoms with van der Waals surface area (Å²) < 4.78 is 32.7. The zero-order chi connectivity index (χ0) is 13.3. The standard InChI is InChI=1S/C14H21F2NO/c1-2-10-18-11-6-9-17-12-14(15,16)13-7-4-3-5-8-13/h3-5,7-8,17H,2,6,9-12H2,1H3. The summed E-state index contributed by atoms with van der Waals surface area (Å²) in [7, 11) is 0. The summed E-state index contributed by atoms with van der Waals surface area (Å²) in [6, 6.07) is 7.89. The van der Waals surface area contributed by atoms with E-state index in [0.717, 1.165) is 19.4 Å². The first kappa shape index (κ1) is 15.1. The van der Waals surface area contributed by atoms with Gasteiger partial charge in [-0.2, -0.15) is 8.78 Å². The molecule has 102 valence electrons. The summed E-state index contributed by atoms with van der Waals surface area (Å²) in [5.74, 6) is -2.81. The summed E-state index contributed by atoms with van der Waals surface area (Å²) >= 11 is 0. The molecule has 1 N–H and O–H groups in total. The Hall–Kier alpha value is -1.00. The van der Waals surface area contributed by atoms with Crippen molar-refractivity contribution in [3.05, 3.63) is 35.9 Å². The molecule has 0 unspecified atom stereocenters. The van der Waals surface area contributed by atoms with Crippen LogP contribution in [0.1, 0.15) is 25.3 Å². The van der Waals surface area contributed by atoms with Crippen LogP contribution in [0, 0.1) is 0 Å². The molecule has 18 heavy (non-hydrogen) atoms. The minimum Gasteiger partial charge on any atom is -0.381 e. The number of rotatable bonds is 9. The van der Waals surface area contributed by atoms with Crippen molar-refractivity contribution >= 4 is 0 Å². The molecule has 0 saturated heterocycles. The summed E-state index contributed by atoms with van der Waals surface area (Å²) in [5.41, 5.74) is 0.0553. The lowest BCUT2D eigenvalue weighted by Gasteiger charge is -2.17. The highest BCUT2D eigenvalue weighted by atomic mass is 19.3. The lowest BCUT2D eigenvalue weighted by atomic mass is 10.1. The predicted molar refractivity (Wildman–Crippen MR) is 68.9 cm³/mol. The molecule has 1 aromatic carbocycles. The van der Waals surface area contributed by atoms with E-state index in [9.17, 15) is 8.78 Å². The molecule has 0 aliphatic rings. The molecule has 0 saturated carbocycles. The highest BCUT2D eigenvalue weighted by molar-refractivity contribution is 5.20. The van der Waals surface area contributed by atoms with E-state index < -0.39 is 5.92 Å². The molecule has 4 heteroatoms. The van der Waals surface area contributed by atoms with Gasteiger partial charge in [0.15, 0.2) is 0 Å². The Morgan fingerprint density at radius 1 is 1.17 bits per heavy atom. The number of benzene rings is 1. The smallest absolute Gasteiger partial charge is 0.285 e. The molecule has 0 fully saturated rings. The molecule has 0 aliphatic heterocycles. The Bertz CT molecular complexity index is 317. The van der Waals surface area contributed by atoms with E-state index in [0.29, 0.717) is 13.2 Å². The fourth-order valence-electron chi connectivity index (χ4n) is 1.58. The predicted octanol–water partition coefficient (Wildman–Crippen LogP) is 3.18. The Labute approximate surface area is 107 Å². The fourth-order valence-corrected chi connectivity index (χ4v) is 1.58. The summed E-state index contributed by atoms with van der Waals surface area (Å²) in [6.07, 6.45) is 1.74. The van der Waals surface area contributed by atoms with E-state index in [4.69, 9.17) is 4.74 Å². The monoisotopic (exact) mass is 257 g/mol. The van der Waals surface area contributed by atoms with Crippen molar-refractivity contribution in [2.45, 2.75) is 25.7 Å². The minimum absolute atomic E-state index is 0.0553. The second kappa shape index (κ2) is 8.16. The third-order valence-electron chi connectivity index (χ3n) is 2.53.